The predicted octanol–water partition coefficient (Wildman–Crippen LogP) is 5.06. The van der Waals surface area contributed by atoms with Gasteiger partial charge in [0, 0.05) is 10.5 Å². The number of phenolic OH excluding ortho intramolecular Hbond substituents is 1. The first kappa shape index (κ1) is 14.1. The summed E-state index contributed by atoms with van der Waals surface area (Å²) in [5.41, 5.74) is 3.80. The molecule has 0 unspecified atom stereocenters. The minimum absolute atomic E-state index is 0.256. The zero-order chi connectivity index (χ0) is 15.1. The fraction of sp³-hybridized carbons (Fsp3) is 0.235. The van der Waals surface area contributed by atoms with Gasteiger partial charge in [0.05, 0.1) is 16.6 Å². The number of aryl methyl sites for hydroxylation is 1. The zero-order valence-electron chi connectivity index (χ0n) is 12.3. The molecule has 0 bridgehead atoms. The maximum atomic E-state index is 10.3. The number of halogens is 1. The number of rotatable bonds is 2. The van der Waals surface area contributed by atoms with Gasteiger partial charge in [0.15, 0.2) is 0 Å². The Balaban J connectivity index is 2.33. The van der Waals surface area contributed by atoms with Gasteiger partial charge in [-0.3, -0.25) is 0 Å². The van der Waals surface area contributed by atoms with Crippen molar-refractivity contribution in [2.45, 2.75) is 26.8 Å². The number of phenols is 1. The van der Waals surface area contributed by atoms with Gasteiger partial charge in [-0.05, 0) is 56.7 Å². The lowest BCUT2D eigenvalue weighted by Gasteiger charge is -2.14. The fourth-order valence-electron chi connectivity index (χ4n) is 2.62. The summed E-state index contributed by atoms with van der Waals surface area (Å²) in [5.74, 6) is 1.07. The van der Waals surface area contributed by atoms with E-state index in [2.05, 4.69) is 40.4 Å². The molecule has 0 aliphatic heterocycles. The van der Waals surface area contributed by atoms with Gasteiger partial charge >= 0.3 is 0 Å². The Labute approximate surface area is 132 Å². The lowest BCUT2D eigenvalue weighted by atomic mass is 10.1. The van der Waals surface area contributed by atoms with Gasteiger partial charge in [-0.2, -0.15) is 0 Å². The van der Waals surface area contributed by atoms with Crippen molar-refractivity contribution in [3.05, 3.63) is 46.4 Å². The van der Waals surface area contributed by atoms with Gasteiger partial charge in [0.25, 0.3) is 0 Å². The summed E-state index contributed by atoms with van der Waals surface area (Å²) >= 11 is 3.48. The third-order valence-electron chi connectivity index (χ3n) is 3.56. The van der Waals surface area contributed by atoms with Gasteiger partial charge in [-0.25, -0.2) is 4.98 Å². The smallest absolute Gasteiger partial charge is 0.145 e. The standard InChI is InChI=1S/C17H17BrN2O/c1-10(2)20-15-7-5-12(18)9-14(15)19-17(20)13-6-4-11(3)8-16(13)21/h4-10,21H,1-3H3. The summed E-state index contributed by atoms with van der Waals surface area (Å²) < 4.78 is 3.16. The molecule has 1 aromatic heterocycles. The number of hydrogen-bond acceptors (Lipinski definition) is 2. The third kappa shape index (κ3) is 2.44. The second-order valence-electron chi connectivity index (χ2n) is 5.55. The molecule has 1 heterocycles. The van der Waals surface area contributed by atoms with Crippen LogP contribution >= 0.6 is 15.9 Å². The van der Waals surface area contributed by atoms with Gasteiger partial charge in [-0.1, -0.05) is 22.0 Å². The van der Waals surface area contributed by atoms with E-state index in [4.69, 9.17) is 4.98 Å². The van der Waals surface area contributed by atoms with Crippen molar-refractivity contribution in [3.8, 4) is 17.1 Å². The molecule has 0 radical (unpaired) electrons. The van der Waals surface area contributed by atoms with Crippen LogP contribution in [0.1, 0.15) is 25.5 Å². The summed E-state index contributed by atoms with van der Waals surface area (Å²) in [6.07, 6.45) is 0. The van der Waals surface area contributed by atoms with E-state index in [1.165, 1.54) is 0 Å². The highest BCUT2D eigenvalue weighted by Gasteiger charge is 2.17. The van der Waals surface area contributed by atoms with E-state index in [0.717, 1.165) is 32.5 Å². The number of fused-ring (bicyclic) bond motifs is 1. The van der Waals surface area contributed by atoms with Crippen LogP contribution in [0.2, 0.25) is 0 Å². The molecule has 3 aromatic rings. The summed E-state index contributed by atoms with van der Waals surface area (Å²) in [4.78, 5) is 4.73. The van der Waals surface area contributed by atoms with Crippen LogP contribution < -0.4 is 0 Å². The third-order valence-corrected chi connectivity index (χ3v) is 4.06. The molecule has 4 heteroatoms. The molecule has 0 saturated heterocycles. The number of imidazole rings is 1. The van der Waals surface area contributed by atoms with Gasteiger partial charge in [0.1, 0.15) is 11.6 Å². The van der Waals surface area contributed by atoms with E-state index >= 15 is 0 Å². The van der Waals surface area contributed by atoms with Crippen LogP contribution in [0.25, 0.3) is 22.4 Å². The van der Waals surface area contributed by atoms with Crippen LogP contribution in [0.3, 0.4) is 0 Å². The maximum Gasteiger partial charge on any atom is 0.145 e. The van der Waals surface area contributed by atoms with Crippen molar-refractivity contribution >= 4 is 27.0 Å². The van der Waals surface area contributed by atoms with E-state index in [9.17, 15) is 5.11 Å². The molecule has 0 fully saturated rings. The van der Waals surface area contributed by atoms with Crippen LogP contribution in [-0.2, 0) is 0 Å². The molecule has 3 rings (SSSR count). The first-order chi connectivity index (χ1) is 9.97. The van der Waals surface area contributed by atoms with Crippen LogP contribution in [0.15, 0.2) is 40.9 Å². The largest absolute Gasteiger partial charge is 0.507 e. The lowest BCUT2D eigenvalue weighted by Crippen LogP contribution is -2.03. The molecule has 108 valence electrons. The Bertz CT molecular complexity index is 821. The summed E-state index contributed by atoms with van der Waals surface area (Å²) in [5, 5.41) is 10.3. The maximum absolute atomic E-state index is 10.3. The monoisotopic (exact) mass is 344 g/mol. The molecule has 2 aromatic carbocycles. The number of benzene rings is 2. The fourth-order valence-corrected chi connectivity index (χ4v) is 2.96. The highest BCUT2D eigenvalue weighted by atomic mass is 79.9. The Hall–Kier alpha value is -1.81. The van der Waals surface area contributed by atoms with E-state index in [1.54, 1.807) is 6.07 Å². The topological polar surface area (TPSA) is 38.0 Å². The summed E-state index contributed by atoms with van der Waals surface area (Å²) in [6.45, 7) is 6.21. The number of aromatic nitrogens is 2. The van der Waals surface area contributed by atoms with Crippen LogP contribution in [-0.4, -0.2) is 14.7 Å². The highest BCUT2D eigenvalue weighted by Crippen LogP contribution is 2.34. The van der Waals surface area contributed by atoms with Crippen molar-refractivity contribution in [2.75, 3.05) is 0 Å². The molecule has 0 atom stereocenters. The zero-order valence-corrected chi connectivity index (χ0v) is 13.8. The number of nitrogens with zero attached hydrogens (tertiary/aromatic N) is 2. The summed E-state index contributed by atoms with van der Waals surface area (Å²) in [7, 11) is 0. The lowest BCUT2D eigenvalue weighted by molar-refractivity contribution is 0.475. The second-order valence-corrected chi connectivity index (χ2v) is 6.47. The van der Waals surface area contributed by atoms with Crippen molar-refractivity contribution in [1.29, 1.82) is 0 Å². The molecule has 0 aliphatic carbocycles. The second kappa shape index (κ2) is 5.19. The average Bonchev–Trinajstić information content (AvgIpc) is 2.76. The summed E-state index contributed by atoms with van der Waals surface area (Å²) in [6, 6.07) is 12.0. The molecule has 0 saturated carbocycles. The quantitative estimate of drug-likeness (QED) is 0.705. The molecule has 1 N–H and O–H groups in total. The Morgan fingerprint density at radius 3 is 2.57 bits per heavy atom. The van der Waals surface area contributed by atoms with E-state index in [0.29, 0.717) is 0 Å². The van der Waals surface area contributed by atoms with E-state index in [-0.39, 0.29) is 11.8 Å². The van der Waals surface area contributed by atoms with E-state index < -0.39 is 0 Å². The molecule has 0 spiro atoms. The molecule has 3 nitrogen and oxygen atoms in total. The molecule has 21 heavy (non-hydrogen) atoms. The van der Waals surface area contributed by atoms with Crippen molar-refractivity contribution in [3.63, 3.8) is 0 Å². The Morgan fingerprint density at radius 2 is 1.90 bits per heavy atom. The minimum Gasteiger partial charge on any atom is -0.507 e. The number of hydrogen-bond donors (Lipinski definition) is 1. The van der Waals surface area contributed by atoms with Crippen molar-refractivity contribution < 1.29 is 5.11 Å². The first-order valence-electron chi connectivity index (χ1n) is 6.95. The average molecular weight is 345 g/mol. The Kier molecular flexibility index (Phi) is 3.49. The molecular formula is C17H17BrN2O. The van der Waals surface area contributed by atoms with Gasteiger partial charge < -0.3 is 9.67 Å². The predicted molar refractivity (Wildman–Crippen MR) is 89.7 cm³/mol. The highest BCUT2D eigenvalue weighted by molar-refractivity contribution is 9.10. The van der Waals surface area contributed by atoms with Crippen molar-refractivity contribution in [1.82, 2.24) is 9.55 Å². The van der Waals surface area contributed by atoms with Gasteiger partial charge in [0.2, 0.25) is 0 Å². The number of aromatic hydroxyl groups is 1. The van der Waals surface area contributed by atoms with Gasteiger partial charge in [-0.15, -0.1) is 0 Å². The first-order valence-corrected chi connectivity index (χ1v) is 7.74. The Morgan fingerprint density at radius 1 is 1.14 bits per heavy atom. The van der Waals surface area contributed by atoms with Crippen LogP contribution in [0, 0.1) is 6.92 Å². The van der Waals surface area contributed by atoms with Crippen LogP contribution in [0.4, 0.5) is 0 Å². The molecule has 0 amide bonds. The minimum atomic E-state index is 0.256. The van der Waals surface area contributed by atoms with Crippen LogP contribution in [0.5, 0.6) is 5.75 Å². The normalized spacial score (nSPS) is 11.5. The molecule has 0 aliphatic rings. The SMILES string of the molecule is Cc1ccc(-c2nc3cc(Br)ccc3n2C(C)C)c(O)c1. The van der Waals surface area contributed by atoms with E-state index in [1.807, 2.05) is 31.2 Å². The van der Waals surface area contributed by atoms with Crippen molar-refractivity contribution in [2.24, 2.45) is 0 Å². The molecular weight excluding hydrogens is 328 g/mol.